The summed E-state index contributed by atoms with van der Waals surface area (Å²) in [4.78, 5) is 40.8. The van der Waals surface area contributed by atoms with Crippen molar-refractivity contribution < 1.29 is 18.8 Å². The van der Waals surface area contributed by atoms with Crippen LogP contribution < -0.4 is 5.32 Å². The van der Waals surface area contributed by atoms with Crippen LogP contribution in [0.5, 0.6) is 0 Å². The molecule has 1 atom stereocenters. The molecule has 6 heteroatoms. The summed E-state index contributed by atoms with van der Waals surface area (Å²) in [5.41, 5.74) is 4.37. The highest BCUT2D eigenvalue weighted by Crippen LogP contribution is 2.37. The summed E-state index contributed by atoms with van der Waals surface area (Å²) in [5.74, 6) is -1.22. The number of amides is 2. The lowest BCUT2D eigenvalue weighted by Gasteiger charge is -2.31. The number of nitrogens with zero attached hydrogens (tertiary/aromatic N) is 1. The molecule has 5 nitrogen and oxygen atoms in total. The van der Waals surface area contributed by atoms with E-state index in [0.717, 1.165) is 11.1 Å². The molecule has 1 aliphatic rings. The van der Waals surface area contributed by atoms with Crippen LogP contribution in [0.2, 0.25) is 0 Å². The first-order chi connectivity index (χ1) is 17.4. The highest BCUT2D eigenvalue weighted by molar-refractivity contribution is 6.09. The minimum absolute atomic E-state index is 0.141. The van der Waals surface area contributed by atoms with E-state index < -0.39 is 6.04 Å². The average Bonchev–Trinajstić information content (AvgIpc) is 3.04. The smallest absolute Gasteiger partial charge is 0.255 e. The zero-order valence-electron chi connectivity index (χ0n) is 19.6. The fourth-order valence-corrected chi connectivity index (χ4v) is 4.51. The summed E-state index contributed by atoms with van der Waals surface area (Å²) < 4.78 is 13.7. The van der Waals surface area contributed by atoms with E-state index in [0.29, 0.717) is 27.9 Å². The van der Waals surface area contributed by atoms with Crippen LogP contribution in [0.25, 0.3) is 0 Å². The number of halogens is 1. The van der Waals surface area contributed by atoms with Gasteiger partial charge in [0.2, 0.25) is 5.91 Å². The predicted octanol–water partition coefficient (Wildman–Crippen LogP) is 5.55. The maximum Gasteiger partial charge on any atom is 0.255 e. The summed E-state index contributed by atoms with van der Waals surface area (Å²) in [6, 6.07) is 26.3. The lowest BCUT2D eigenvalue weighted by atomic mass is 9.94. The standard InChI is InChI=1S/C30H23FN2O3/c1-19-7-16-26-25(17-19)28(20-12-14-24(31)15-13-20)33(18-27(34)32-26)30(36)23-10-8-22(9-11-23)29(35)21-5-3-2-4-6-21/h2-17,28H,18H2,1H3,(H,32,34). The first-order valence-electron chi connectivity index (χ1n) is 11.6. The van der Waals surface area contributed by atoms with E-state index in [1.54, 1.807) is 60.7 Å². The van der Waals surface area contributed by atoms with Crippen molar-refractivity contribution in [1.82, 2.24) is 4.90 Å². The Bertz CT molecular complexity index is 1450. The summed E-state index contributed by atoms with van der Waals surface area (Å²) in [7, 11) is 0. The Morgan fingerprint density at radius 3 is 2.17 bits per heavy atom. The van der Waals surface area contributed by atoms with Crippen LogP contribution in [-0.2, 0) is 4.79 Å². The third kappa shape index (κ3) is 4.53. The Hall–Kier alpha value is -4.58. The Morgan fingerprint density at radius 1 is 0.833 bits per heavy atom. The maximum atomic E-state index is 13.8. The van der Waals surface area contributed by atoms with Crippen LogP contribution in [0.4, 0.5) is 10.1 Å². The predicted molar refractivity (Wildman–Crippen MR) is 135 cm³/mol. The number of fused-ring (bicyclic) bond motifs is 1. The molecule has 2 amide bonds. The highest BCUT2D eigenvalue weighted by Gasteiger charge is 2.34. The van der Waals surface area contributed by atoms with Crippen LogP contribution >= 0.6 is 0 Å². The molecule has 1 heterocycles. The molecule has 5 rings (SSSR count). The van der Waals surface area contributed by atoms with Gasteiger partial charge in [-0.2, -0.15) is 0 Å². The van der Waals surface area contributed by atoms with Crippen molar-refractivity contribution in [3.8, 4) is 0 Å². The van der Waals surface area contributed by atoms with Gasteiger partial charge < -0.3 is 10.2 Å². The maximum absolute atomic E-state index is 13.8. The number of hydrogen-bond donors (Lipinski definition) is 1. The van der Waals surface area contributed by atoms with Crippen LogP contribution in [0.1, 0.15) is 49.0 Å². The van der Waals surface area contributed by atoms with Crippen LogP contribution in [0.15, 0.2) is 97.1 Å². The average molecular weight is 479 g/mol. The van der Waals surface area contributed by atoms with Crippen molar-refractivity contribution in [2.75, 3.05) is 11.9 Å². The lowest BCUT2D eigenvalue weighted by molar-refractivity contribution is -0.117. The second-order valence-electron chi connectivity index (χ2n) is 8.80. The fourth-order valence-electron chi connectivity index (χ4n) is 4.51. The summed E-state index contributed by atoms with van der Waals surface area (Å²) in [5, 5.41) is 2.89. The number of nitrogens with one attached hydrogen (secondary N) is 1. The second-order valence-corrected chi connectivity index (χ2v) is 8.80. The lowest BCUT2D eigenvalue weighted by Crippen LogP contribution is -2.39. The zero-order chi connectivity index (χ0) is 25.2. The van der Waals surface area contributed by atoms with Gasteiger partial charge in [0, 0.05) is 27.9 Å². The molecule has 1 N–H and O–H groups in total. The first-order valence-corrected chi connectivity index (χ1v) is 11.6. The number of carbonyl (C=O) groups is 3. The Kier molecular flexibility index (Phi) is 6.17. The molecule has 0 spiro atoms. The molecule has 36 heavy (non-hydrogen) atoms. The monoisotopic (exact) mass is 478 g/mol. The van der Waals surface area contributed by atoms with Crippen molar-refractivity contribution in [2.45, 2.75) is 13.0 Å². The van der Waals surface area contributed by atoms with E-state index in [4.69, 9.17) is 0 Å². The van der Waals surface area contributed by atoms with E-state index in [9.17, 15) is 18.8 Å². The van der Waals surface area contributed by atoms with Crippen LogP contribution in [-0.4, -0.2) is 29.0 Å². The summed E-state index contributed by atoms with van der Waals surface area (Å²) in [6.45, 7) is 1.75. The Morgan fingerprint density at radius 2 is 1.47 bits per heavy atom. The number of aryl methyl sites for hydroxylation is 1. The van der Waals surface area contributed by atoms with Crippen molar-refractivity contribution in [3.63, 3.8) is 0 Å². The van der Waals surface area contributed by atoms with Gasteiger partial charge in [0.25, 0.3) is 5.91 Å². The quantitative estimate of drug-likeness (QED) is 0.391. The molecule has 4 aromatic carbocycles. The van der Waals surface area contributed by atoms with Crippen LogP contribution in [0.3, 0.4) is 0 Å². The molecule has 0 aromatic heterocycles. The minimum Gasteiger partial charge on any atom is -0.324 e. The normalized spacial score (nSPS) is 15.0. The van der Waals surface area contributed by atoms with E-state index in [-0.39, 0.29) is 30.0 Å². The molecule has 0 aliphatic carbocycles. The number of benzene rings is 4. The Labute approximate surface area is 208 Å². The first kappa shape index (κ1) is 23.2. The topological polar surface area (TPSA) is 66.5 Å². The SMILES string of the molecule is Cc1ccc2c(c1)C(c1ccc(F)cc1)N(C(=O)c1ccc(C(=O)c3ccccc3)cc1)CC(=O)N2. The molecule has 0 fully saturated rings. The molecule has 1 aliphatic heterocycles. The largest absolute Gasteiger partial charge is 0.324 e. The van der Waals surface area contributed by atoms with E-state index >= 15 is 0 Å². The van der Waals surface area contributed by atoms with Gasteiger partial charge in [0.05, 0.1) is 6.04 Å². The van der Waals surface area contributed by atoms with Gasteiger partial charge in [-0.25, -0.2) is 4.39 Å². The molecular weight excluding hydrogens is 455 g/mol. The minimum atomic E-state index is -0.613. The van der Waals surface area contributed by atoms with E-state index in [2.05, 4.69) is 5.32 Å². The Balaban J connectivity index is 1.54. The van der Waals surface area contributed by atoms with Gasteiger partial charge >= 0.3 is 0 Å². The van der Waals surface area contributed by atoms with Gasteiger partial charge in [0.1, 0.15) is 12.4 Å². The molecule has 1 unspecified atom stereocenters. The van der Waals surface area contributed by atoms with Gasteiger partial charge in [-0.15, -0.1) is 0 Å². The number of ketones is 1. The number of anilines is 1. The number of carbonyl (C=O) groups excluding carboxylic acids is 3. The van der Waals surface area contributed by atoms with Crippen molar-refractivity contribution in [1.29, 1.82) is 0 Å². The molecule has 4 aromatic rings. The van der Waals surface area contributed by atoms with Crippen molar-refractivity contribution in [3.05, 3.63) is 136 Å². The summed E-state index contributed by atoms with van der Waals surface area (Å²) in [6.07, 6.45) is 0. The molecule has 0 bridgehead atoms. The zero-order valence-corrected chi connectivity index (χ0v) is 19.6. The third-order valence-corrected chi connectivity index (χ3v) is 6.28. The van der Waals surface area contributed by atoms with E-state index in [1.807, 2.05) is 31.2 Å². The molecule has 0 radical (unpaired) electrons. The fraction of sp³-hybridized carbons (Fsp3) is 0.100. The second kappa shape index (κ2) is 9.58. The number of rotatable bonds is 4. The molecule has 0 saturated heterocycles. The van der Waals surface area contributed by atoms with Crippen LogP contribution in [0, 0.1) is 12.7 Å². The highest BCUT2D eigenvalue weighted by atomic mass is 19.1. The molecule has 178 valence electrons. The van der Waals surface area contributed by atoms with Gasteiger partial charge in [0.15, 0.2) is 5.78 Å². The third-order valence-electron chi connectivity index (χ3n) is 6.28. The van der Waals surface area contributed by atoms with Gasteiger partial charge in [-0.05, 0) is 42.8 Å². The number of hydrogen-bond acceptors (Lipinski definition) is 3. The molecular formula is C30H23FN2O3. The molecule has 0 saturated carbocycles. The van der Waals surface area contributed by atoms with Crippen molar-refractivity contribution >= 4 is 23.3 Å². The van der Waals surface area contributed by atoms with Gasteiger partial charge in [-0.3, -0.25) is 14.4 Å². The summed E-state index contributed by atoms with van der Waals surface area (Å²) >= 11 is 0. The van der Waals surface area contributed by atoms with Gasteiger partial charge in [-0.1, -0.05) is 72.3 Å². The van der Waals surface area contributed by atoms with Crippen molar-refractivity contribution in [2.24, 2.45) is 0 Å². The van der Waals surface area contributed by atoms with E-state index in [1.165, 1.54) is 17.0 Å².